The Morgan fingerprint density at radius 3 is 2.80 bits per heavy atom. The van der Waals surface area contributed by atoms with E-state index in [1.807, 2.05) is 18.5 Å². The maximum Gasteiger partial charge on any atom is 0.305 e. The first kappa shape index (κ1) is 14.2. The fourth-order valence-corrected chi connectivity index (χ4v) is 2.19. The van der Waals surface area contributed by atoms with Crippen molar-refractivity contribution in [2.45, 2.75) is 39.8 Å². The number of nitrogens with zero attached hydrogens (tertiary/aromatic N) is 5. The molecule has 0 spiro atoms. The number of rotatable bonds is 6. The fraction of sp³-hybridized carbons (Fsp3) is 0.538. The number of aryl methyl sites for hydroxylation is 3. The molecule has 0 unspecified atom stereocenters. The molecule has 7 nitrogen and oxygen atoms in total. The molecule has 0 saturated carbocycles. The van der Waals surface area contributed by atoms with Gasteiger partial charge in [-0.05, 0) is 25.8 Å². The van der Waals surface area contributed by atoms with Crippen LogP contribution in [0, 0.1) is 13.8 Å². The van der Waals surface area contributed by atoms with Crippen LogP contribution in [0.5, 0.6) is 0 Å². The number of hydrogen-bond acceptors (Lipinski definition) is 5. The van der Waals surface area contributed by atoms with Crippen LogP contribution in [0.4, 0.5) is 0 Å². The van der Waals surface area contributed by atoms with E-state index in [-0.39, 0.29) is 5.97 Å². The summed E-state index contributed by atoms with van der Waals surface area (Å²) in [6.07, 6.45) is 4.24. The number of methoxy groups -OCH3 is 1. The van der Waals surface area contributed by atoms with Gasteiger partial charge in [-0.15, -0.1) is 0 Å². The Morgan fingerprint density at radius 1 is 1.35 bits per heavy atom. The van der Waals surface area contributed by atoms with Crippen molar-refractivity contribution in [3.05, 3.63) is 29.6 Å². The lowest BCUT2D eigenvalue weighted by molar-refractivity contribution is -0.140. The van der Waals surface area contributed by atoms with E-state index in [9.17, 15) is 4.79 Å². The molecule has 0 fully saturated rings. The van der Waals surface area contributed by atoms with Crippen LogP contribution in [0.15, 0.2) is 12.7 Å². The molecule has 0 saturated heterocycles. The van der Waals surface area contributed by atoms with E-state index in [4.69, 9.17) is 0 Å². The third kappa shape index (κ3) is 3.23. The van der Waals surface area contributed by atoms with E-state index in [1.54, 1.807) is 11.0 Å². The molecule has 0 bridgehead atoms. The molecular formula is C13H19N5O2. The van der Waals surface area contributed by atoms with E-state index in [0.29, 0.717) is 12.8 Å². The van der Waals surface area contributed by atoms with Gasteiger partial charge in [0.15, 0.2) is 0 Å². The number of esters is 1. The SMILES string of the molecule is COC(=O)CCc1c(C)nn(CCn2cncn2)c1C. The van der Waals surface area contributed by atoms with Gasteiger partial charge in [0.25, 0.3) is 0 Å². The number of hydrogen-bond donors (Lipinski definition) is 0. The maximum absolute atomic E-state index is 11.2. The third-order valence-electron chi connectivity index (χ3n) is 3.35. The molecule has 0 N–H and O–H groups in total. The van der Waals surface area contributed by atoms with Gasteiger partial charge < -0.3 is 4.74 Å². The van der Waals surface area contributed by atoms with Gasteiger partial charge in [-0.2, -0.15) is 10.2 Å². The molecule has 2 heterocycles. The average molecular weight is 277 g/mol. The summed E-state index contributed by atoms with van der Waals surface area (Å²) >= 11 is 0. The van der Waals surface area contributed by atoms with E-state index < -0.39 is 0 Å². The second-order valence-electron chi connectivity index (χ2n) is 4.61. The van der Waals surface area contributed by atoms with Crippen LogP contribution in [0.25, 0.3) is 0 Å². The van der Waals surface area contributed by atoms with Gasteiger partial charge in [0.05, 0.1) is 25.9 Å². The topological polar surface area (TPSA) is 74.8 Å². The van der Waals surface area contributed by atoms with Gasteiger partial charge >= 0.3 is 5.97 Å². The molecule has 0 radical (unpaired) electrons. The van der Waals surface area contributed by atoms with Crippen molar-refractivity contribution < 1.29 is 9.53 Å². The summed E-state index contributed by atoms with van der Waals surface area (Å²) in [5, 5.41) is 8.58. The molecule has 0 aliphatic heterocycles. The summed E-state index contributed by atoms with van der Waals surface area (Å²) in [7, 11) is 1.41. The van der Waals surface area contributed by atoms with Crippen LogP contribution in [-0.4, -0.2) is 37.6 Å². The Balaban J connectivity index is 2.02. The summed E-state index contributed by atoms with van der Waals surface area (Å²) in [6, 6.07) is 0. The Morgan fingerprint density at radius 2 is 2.15 bits per heavy atom. The maximum atomic E-state index is 11.2. The minimum atomic E-state index is -0.195. The summed E-state index contributed by atoms with van der Waals surface area (Å²) in [4.78, 5) is 15.1. The average Bonchev–Trinajstić information content (AvgIpc) is 3.04. The lowest BCUT2D eigenvalue weighted by Crippen LogP contribution is -2.10. The van der Waals surface area contributed by atoms with Crippen molar-refractivity contribution in [2.24, 2.45) is 0 Å². The Hall–Kier alpha value is -2.18. The highest BCUT2D eigenvalue weighted by molar-refractivity contribution is 5.69. The zero-order valence-corrected chi connectivity index (χ0v) is 12.0. The molecule has 0 aliphatic carbocycles. The highest BCUT2D eigenvalue weighted by atomic mass is 16.5. The Labute approximate surface area is 117 Å². The second kappa shape index (κ2) is 6.31. The number of carbonyl (C=O) groups is 1. The summed E-state index contributed by atoms with van der Waals surface area (Å²) in [5.41, 5.74) is 3.17. The first-order valence-electron chi connectivity index (χ1n) is 6.54. The first-order chi connectivity index (χ1) is 9.61. The molecule has 20 heavy (non-hydrogen) atoms. The largest absolute Gasteiger partial charge is 0.469 e. The third-order valence-corrected chi connectivity index (χ3v) is 3.35. The van der Waals surface area contributed by atoms with Crippen molar-refractivity contribution in [1.29, 1.82) is 0 Å². The monoisotopic (exact) mass is 277 g/mol. The van der Waals surface area contributed by atoms with Crippen LogP contribution in [0.2, 0.25) is 0 Å². The van der Waals surface area contributed by atoms with Gasteiger partial charge in [0.2, 0.25) is 0 Å². The highest BCUT2D eigenvalue weighted by Gasteiger charge is 2.13. The van der Waals surface area contributed by atoms with Crippen LogP contribution in [-0.2, 0) is 29.0 Å². The van der Waals surface area contributed by atoms with E-state index in [0.717, 1.165) is 30.0 Å². The Bertz CT molecular complexity index is 574. The van der Waals surface area contributed by atoms with E-state index >= 15 is 0 Å². The smallest absolute Gasteiger partial charge is 0.305 e. The molecule has 0 aliphatic rings. The zero-order chi connectivity index (χ0) is 14.5. The molecule has 0 amide bonds. The van der Waals surface area contributed by atoms with E-state index in [2.05, 4.69) is 19.9 Å². The number of ether oxygens (including phenoxy) is 1. The predicted molar refractivity (Wildman–Crippen MR) is 72.1 cm³/mol. The predicted octanol–water partition coefficient (Wildman–Crippen LogP) is 0.897. The number of carbonyl (C=O) groups excluding carboxylic acids is 1. The highest BCUT2D eigenvalue weighted by Crippen LogP contribution is 2.15. The van der Waals surface area contributed by atoms with Crippen molar-refractivity contribution in [2.75, 3.05) is 7.11 Å². The first-order valence-corrected chi connectivity index (χ1v) is 6.54. The van der Waals surface area contributed by atoms with Crippen molar-refractivity contribution in [1.82, 2.24) is 24.5 Å². The van der Waals surface area contributed by atoms with Crippen LogP contribution in [0.3, 0.4) is 0 Å². The van der Waals surface area contributed by atoms with E-state index in [1.165, 1.54) is 13.4 Å². The molecule has 108 valence electrons. The second-order valence-corrected chi connectivity index (χ2v) is 4.61. The Kier molecular flexibility index (Phi) is 4.49. The van der Waals surface area contributed by atoms with Gasteiger partial charge in [-0.3, -0.25) is 14.2 Å². The van der Waals surface area contributed by atoms with Crippen LogP contribution >= 0.6 is 0 Å². The molecule has 2 aromatic rings. The zero-order valence-electron chi connectivity index (χ0n) is 12.0. The minimum Gasteiger partial charge on any atom is -0.469 e. The van der Waals surface area contributed by atoms with Gasteiger partial charge in [-0.25, -0.2) is 4.98 Å². The summed E-state index contributed by atoms with van der Waals surface area (Å²) in [5.74, 6) is -0.195. The molecular weight excluding hydrogens is 258 g/mol. The summed E-state index contributed by atoms with van der Waals surface area (Å²) < 4.78 is 8.39. The van der Waals surface area contributed by atoms with Crippen molar-refractivity contribution in [3.8, 4) is 0 Å². The van der Waals surface area contributed by atoms with Gasteiger partial charge in [-0.1, -0.05) is 0 Å². The van der Waals surface area contributed by atoms with Gasteiger partial charge in [0.1, 0.15) is 12.7 Å². The lowest BCUT2D eigenvalue weighted by atomic mass is 10.1. The molecule has 7 heteroatoms. The fourth-order valence-electron chi connectivity index (χ4n) is 2.19. The van der Waals surface area contributed by atoms with Crippen molar-refractivity contribution >= 4 is 5.97 Å². The lowest BCUT2D eigenvalue weighted by Gasteiger charge is -2.05. The molecule has 2 aromatic heterocycles. The summed E-state index contributed by atoms with van der Waals surface area (Å²) in [6.45, 7) is 5.44. The van der Waals surface area contributed by atoms with Gasteiger partial charge in [0, 0.05) is 12.1 Å². The molecule has 0 aromatic carbocycles. The van der Waals surface area contributed by atoms with Crippen molar-refractivity contribution in [3.63, 3.8) is 0 Å². The minimum absolute atomic E-state index is 0.195. The standard InChI is InChI=1S/C13H19N5O2/c1-10-12(4-5-13(19)20-3)11(2)18(16-10)7-6-17-9-14-8-15-17/h8-9H,4-7H2,1-3H3. The molecule has 2 rings (SSSR count). The van der Waals surface area contributed by atoms with Crippen LogP contribution in [0.1, 0.15) is 23.4 Å². The quantitative estimate of drug-likeness (QED) is 0.733. The normalized spacial score (nSPS) is 10.8. The number of aromatic nitrogens is 5. The molecule has 0 atom stereocenters. The van der Waals surface area contributed by atoms with Crippen LogP contribution < -0.4 is 0 Å².